The number of hydrogen-bond acceptors (Lipinski definition) is 8. The molecule has 0 unspecified atom stereocenters. The molecule has 4 rings (SSSR count). The van der Waals surface area contributed by atoms with Gasteiger partial charge in [0.1, 0.15) is 0 Å². The van der Waals surface area contributed by atoms with Gasteiger partial charge in [-0.05, 0) is 55.7 Å². The topological polar surface area (TPSA) is 166 Å². The number of benzene rings is 2. The van der Waals surface area contributed by atoms with Crippen molar-refractivity contribution in [2.45, 2.75) is 29.6 Å². The Labute approximate surface area is 190 Å². The second-order valence-corrected chi connectivity index (χ2v) is 10.8. The Morgan fingerprint density at radius 3 is 2.36 bits per heavy atom. The summed E-state index contributed by atoms with van der Waals surface area (Å²) in [5, 5.41) is 8.89. The van der Waals surface area contributed by atoms with Crippen molar-refractivity contribution in [3.05, 3.63) is 53.9 Å². The van der Waals surface area contributed by atoms with Crippen LogP contribution >= 0.6 is 0 Å². The van der Waals surface area contributed by atoms with Crippen molar-refractivity contribution in [1.82, 2.24) is 15.0 Å². The molecule has 3 aromatic rings. The van der Waals surface area contributed by atoms with Crippen molar-refractivity contribution in [3.8, 4) is 11.4 Å². The van der Waals surface area contributed by atoms with Gasteiger partial charge in [0.2, 0.25) is 15.8 Å². The SMILES string of the molecule is Cc1ccc(-c2noc(C(=O)N3CCCC3)n2)cc1S(=O)(=O)Nc1ccc(S(N)(=O)=O)cc1. The number of primary sulfonamides is 1. The van der Waals surface area contributed by atoms with E-state index in [-0.39, 0.29) is 33.1 Å². The lowest BCUT2D eigenvalue weighted by Crippen LogP contribution is -2.27. The van der Waals surface area contributed by atoms with Gasteiger partial charge in [0.05, 0.1) is 9.79 Å². The fourth-order valence-corrected chi connectivity index (χ4v) is 5.28. The normalized spacial score (nSPS) is 14.4. The summed E-state index contributed by atoms with van der Waals surface area (Å²) < 4.78 is 56.3. The second kappa shape index (κ2) is 8.57. The van der Waals surface area contributed by atoms with E-state index in [1.165, 1.54) is 30.3 Å². The van der Waals surface area contributed by atoms with Crippen molar-refractivity contribution >= 4 is 31.6 Å². The number of carbonyl (C=O) groups is 1. The van der Waals surface area contributed by atoms with Crippen LogP contribution < -0.4 is 9.86 Å². The summed E-state index contributed by atoms with van der Waals surface area (Å²) in [7, 11) is -7.93. The van der Waals surface area contributed by atoms with Crippen molar-refractivity contribution < 1.29 is 26.2 Å². The first kappa shape index (κ1) is 22.9. The minimum absolute atomic E-state index is 0.0345. The maximum absolute atomic E-state index is 13.0. The van der Waals surface area contributed by atoms with E-state index >= 15 is 0 Å². The second-order valence-electron chi connectivity index (χ2n) is 7.58. The Balaban J connectivity index is 1.60. The summed E-state index contributed by atoms with van der Waals surface area (Å²) in [4.78, 5) is 18.0. The Hall–Kier alpha value is -3.29. The highest BCUT2D eigenvalue weighted by Gasteiger charge is 2.26. The number of rotatable bonds is 6. The molecule has 1 aliphatic heterocycles. The fourth-order valence-electron chi connectivity index (χ4n) is 3.43. The van der Waals surface area contributed by atoms with Crippen LogP contribution in [0.25, 0.3) is 11.4 Å². The van der Waals surface area contributed by atoms with Crippen molar-refractivity contribution in [2.24, 2.45) is 5.14 Å². The molecule has 11 nitrogen and oxygen atoms in total. The van der Waals surface area contributed by atoms with Gasteiger partial charge in [0, 0.05) is 24.3 Å². The zero-order valence-electron chi connectivity index (χ0n) is 17.6. The van der Waals surface area contributed by atoms with Crippen LogP contribution in [0.1, 0.15) is 29.1 Å². The Morgan fingerprint density at radius 2 is 1.73 bits per heavy atom. The van der Waals surface area contributed by atoms with E-state index < -0.39 is 20.0 Å². The molecule has 1 aliphatic rings. The van der Waals surface area contributed by atoms with E-state index in [0.717, 1.165) is 12.8 Å². The number of nitrogens with one attached hydrogen (secondary N) is 1. The van der Waals surface area contributed by atoms with Gasteiger partial charge in [-0.15, -0.1) is 0 Å². The molecular formula is C20H21N5O6S2. The smallest absolute Gasteiger partial charge is 0.316 e. The number of aryl methyl sites for hydroxylation is 1. The van der Waals surface area contributed by atoms with Gasteiger partial charge < -0.3 is 9.42 Å². The summed E-state index contributed by atoms with van der Waals surface area (Å²) in [5.74, 6) is -0.410. The highest BCUT2D eigenvalue weighted by Crippen LogP contribution is 2.26. The maximum Gasteiger partial charge on any atom is 0.316 e. The molecule has 0 bridgehead atoms. The molecule has 0 aliphatic carbocycles. The van der Waals surface area contributed by atoms with Crippen LogP contribution in [0.15, 0.2) is 56.8 Å². The first-order valence-electron chi connectivity index (χ1n) is 9.94. The zero-order chi connectivity index (χ0) is 23.8. The molecule has 13 heteroatoms. The van der Waals surface area contributed by atoms with E-state index in [4.69, 9.17) is 9.66 Å². The first-order chi connectivity index (χ1) is 15.5. The van der Waals surface area contributed by atoms with Crippen LogP contribution in [0, 0.1) is 6.92 Å². The molecule has 1 saturated heterocycles. The Morgan fingerprint density at radius 1 is 1.06 bits per heavy atom. The summed E-state index contributed by atoms with van der Waals surface area (Å²) >= 11 is 0. The van der Waals surface area contributed by atoms with Crippen LogP contribution in [-0.4, -0.2) is 50.9 Å². The predicted octanol–water partition coefficient (Wildman–Crippen LogP) is 1.73. The molecule has 3 N–H and O–H groups in total. The van der Waals surface area contributed by atoms with Crippen molar-refractivity contribution in [3.63, 3.8) is 0 Å². The van der Waals surface area contributed by atoms with Crippen molar-refractivity contribution in [1.29, 1.82) is 0 Å². The van der Waals surface area contributed by atoms with Gasteiger partial charge in [-0.1, -0.05) is 17.3 Å². The minimum Gasteiger partial charge on any atom is -0.334 e. The number of carbonyl (C=O) groups excluding carboxylic acids is 1. The number of likely N-dealkylation sites (tertiary alicyclic amines) is 1. The highest BCUT2D eigenvalue weighted by molar-refractivity contribution is 7.92. The number of sulfonamides is 2. The zero-order valence-corrected chi connectivity index (χ0v) is 19.2. The van der Waals surface area contributed by atoms with Gasteiger partial charge in [0.25, 0.3) is 10.0 Å². The largest absolute Gasteiger partial charge is 0.334 e. The Bertz CT molecular complexity index is 1410. The number of nitrogens with zero attached hydrogens (tertiary/aromatic N) is 3. The summed E-state index contributed by atoms with van der Waals surface area (Å²) in [6, 6.07) is 9.60. The van der Waals surface area contributed by atoms with Gasteiger partial charge in [0.15, 0.2) is 0 Å². The molecule has 0 atom stereocenters. The number of aromatic nitrogens is 2. The fraction of sp³-hybridized carbons (Fsp3) is 0.250. The first-order valence-corrected chi connectivity index (χ1v) is 13.0. The Kier molecular flexibility index (Phi) is 5.95. The summed E-state index contributed by atoms with van der Waals surface area (Å²) in [6.45, 7) is 2.89. The van der Waals surface area contributed by atoms with E-state index in [2.05, 4.69) is 14.9 Å². The summed E-state index contributed by atoms with van der Waals surface area (Å²) in [5.41, 5.74) is 0.976. The average molecular weight is 492 g/mol. The third kappa shape index (κ3) is 4.89. The number of amides is 1. The van der Waals surface area contributed by atoms with E-state index in [0.29, 0.717) is 24.2 Å². The molecule has 1 aromatic heterocycles. The molecule has 2 aromatic carbocycles. The third-order valence-corrected chi connectivity index (χ3v) is 7.63. The summed E-state index contributed by atoms with van der Waals surface area (Å²) in [6.07, 6.45) is 1.84. The minimum atomic E-state index is -4.04. The van der Waals surface area contributed by atoms with Gasteiger partial charge in [-0.25, -0.2) is 22.0 Å². The molecule has 0 spiro atoms. The predicted molar refractivity (Wildman–Crippen MR) is 118 cm³/mol. The van der Waals surface area contributed by atoms with Crippen LogP contribution in [-0.2, 0) is 20.0 Å². The van der Waals surface area contributed by atoms with Crippen LogP contribution in [0.2, 0.25) is 0 Å². The number of anilines is 1. The maximum atomic E-state index is 13.0. The molecule has 174 valence electrons. The molecular weight excluding hydrogens is 470 g/mol. The lowest BCUT2D eigenvalue weighted by Gasteiger charge is -2.12. The van der Waals surface area contributed by atoms with Gasteiger partial charge in [-0.3, -0.25) is 9.52 Å². The molecule has 2 heterocycles. The lowest BCUT2D eigenvalue weighted by molar-refractivity contribution is 0.0743. The standard InChI is InChI=1S/C20H21N5O6S2/c1-13-4-5-14(18-22-19(31-23-18)20(26)25-10-2-3-11-25)12-17(13)33(29,30)24-15-6-8-16(9-7-15)32(21,27)28/h4-9,12,24H,2-3,10-11H2,1H3,(H2,21,27,28). The van der Waals surface area contributed by atoms with Crippen molar-refractivity contribution in [2.75, 3.05) is 17.8 Å². The molecule has 1 fully saturated rings. The third-order valence-electron chi connectivity index (χ3n) is 5.17. The molecule has 33 heavy (non-hydrogen) atoms. The highest BCUT2D eigenvalue weighted by atomic mass is 32.2. The van der Waals surface area contributed by atoms with Crippen LogP contribution in [0.5, 0.6) is 0 Å². The molecule has 0 radical (unpaired) electrons. The molecule has 0 saturated carbocycles. The quantitative estimate of drug-likeness (QED) is 0.526. The lowest BCUT2D eigenvalue weighted by atomic mass is 10.1. The molecule has 1 amide bonds. The van der Waals surface area contributed by atoms with Crippen LogP contribution in [0.4, 0.5) is 5.69 Å². The van der Waals surface area contributed by atoms with Crippen LogP contribution in [0.3, 0.4) is 0 Å². The van der Waals surface area contributed by atoms with E-state index in [9.17, 15) is 21.6 Å². The average Bonchev–Trinajstić information content (AvgIpc) is 3.45. The van der Waals surface area contributed by atoms with Gasteiger partial charge in [-0.2, -0.15) is 4.98 Å². The number of nitrogens with two attached hydrogens (primary N) is 1. The monoisotopic (exact) mass is 491 g/mol. The van der Waals surface area contributed by atoms with E-state index in [1.807, 2.05) is 0 Å². The van der Waals surface area contributed by atoms with Gasteiger partial charge >= 0.3 is 11.8 Å². The van der Waals surface area contributed by atoms with E-state index in [1.54, 1.807) is 24.0 Å². The number of hydrogen-bond donors (Lipinski definition) is 2.